The lowest BCUT2D eigenvalue weighted by molar-refractivity contribution is 0.196. The van der Waals surface area contributed by atoms with Crippen molar-refractivity contribution in [2.24, 2.45) is 0 Å². The summed E-state index contributed by atoms with van der Waals surface area (Å²) in [6, 6.07) is 4.26. The van der Waals surface area contributed by atoms with E-state index in [0.717, 1.165) is 0 Å². The van der Waals surface area contributed by atoms with E-state index in [1.54, 1.807) is 19.9 Å². The smallest absolute Gasteiger partial charge is 0.251 e. The number of halogens is 1. The third-order valence-corrected chi connectivity index (χ3v) is 3.57. The Labute approximate surface area is 113 Å². The van der Waals surface area contributed by atoms with E-state index in [2.05, 4.69) is 9.97 Å². The first kappa shape index (κ1) is 13.8. The van der Waals surface area contributed by atoms with Crippen LogP contribution in [0, 0.1) is 12.7 Å². The Morgan fingerprint density at radius 1 is 1.47 bits per heavy atom. The highest BCUT2D eigenvalue weighted by Gasteiger charge is 2.13. The van der Waals surface area contributed by atoms with Gasteiger partial charge >= 0.3 is 0 Å². The zero-order valence-corrected chi connectivity index (χ0v) is 11.3. The summed E-state index contributed by atoms with van der Waals surface area (Å²) >= 11 is 1.19. The molecule has 0 saturated heterocycles. The van der Waals surface area contributed by atoms with Crippen LogP contribution in [0.3, 0.4) is 0 Å². The number of nitrogens with zero attached hydrogens (tertiary/aromatic N) is 1. The van der Waals surface area contributed by atoms with Crippen molar-refractivity contribution < 1.29 is 9.50 Å². The molecular weight excluding hydrogens is 267 g/mol. The monoisotopic (exact) mass is 280 g/mol. The average molecular weight is 280 g/mol. The number of aromatic amines is 1. The third kappa shape index (κ3) is 3.21. The molecule has 100 valence electrons. The molecule has 2 aromatic rings. The highest BCUT2D eigenvalue weighted by molar-refractivity contribution is 7.99. The molecule has 0 spiro atoms. The molecule has 1 heterocycles. The summed E-state index contributed by atoms with van der Waals surface area (Å²) in [6.07, 6.45) is 0.604. The fourth-order valence-electron chi connectivity index (χ4n) is 1.59. The van der Waals surface area contributed by atoms with Crippen LogP contribution in [0.25, 0.3) is 0 Å². The molecule has 2 rings (SSSR count). The van der Waals surface area contributed by atoms with Crippen LogP contribution in [0.1, 0.15) is 24.2 Å². The van der Waals surface area contributed by atoms with Gasteiger partial charge in [-0.05, 0) is 37.1 Å². The molecule has 0 aliphatic carbocycles. The molecule has 0 aliphatic rings. The van der Waals surface area contributed by atoms with Gasteiger partial charge in [0.1, 0.15) is 5.82 Å². The molecule has 0 radical (unpaired) electrons. The summed E-state index contributed by atoms with van der Waals surface area (Å²) < 4.78 is 13.5. The summed E-state index contributed by atoms with van der Waals surface area (Å²) in [6.45, 7) is 3.21. The van der Waals surface area contributed by atoms with E-state index >= 15 is 0 Å². The molecule has 1 aromatic heterocycles. The van der Waals surface area contributed by atoms with Crippen molar-refractivity contribution in [2.45, 2.75) is 30.0 Å². The minimum absolute atomic E-state index is 0.255. The number of aliphatic hydroxyl groups excluding tert-OH is 1. The SMILES string of the molecule is Cc1cc(Sc2nccc(=O)[nH]2)c([C@H](C)O)cc1F. The Bertz CT molecular complexity index is 655. The maximum atomic E-state index is 13.5. The third-order valence-electron chi connectivity index (χ3n) is 2.60. The molecule has 2 N–H and O–H groups in total. The maximum absolute atomic E-state index is 13.5. The Balaban J connectivity index is 2.44. The highest BCUT2D eigenvalue weighted by Crippen LogP contribution is 2.32. The van der Waals surface area contributed by atoms with E-state index in [4.69, 9.17) is 0 Å². The second-order valence-corrected chi connectivity index (χ2v) is 5.19. The van der Waals surface area contributed by atoms with Crippen LogP contribution in [0.2, 0.25) is 0 Å². The van der Waals surface area contributed by atoms with Crippen molar-refractivity contribution in [3.63, 3.8) is 0 Å². The zero-order valence-electron chi connectivity index (χ0n) is 10.5. The summed E-state index contributed by atoms with van der Waals surface area (Å²) in [5.41, 5.74) is 0.694. The minimum Gasteiger partial charge on any atom is -0.389 e. The molecular formula is C13H13FN2O2S. The number of hydrogen-bond donors (Lipinski definition) is 2. The summed E-state index contributed by atoms with van der Waals surface area (Å²) in [5.74, 6) is -0.366. The number of nitrogens with one attached hydrogen (secondary N) is 1. The number of aryl methyl sites for hydroxylation is 1. The molecule has 4 nitrogen and oxygen atoms in total. The molecule has 0 bridgehead atoms. The van der Waals surface area contributed by atoms with Gasteiger partial charge < -0.3 is 10.1 Å². The first-order valence-electron chi connectivity index (χ1n) is 5.68. The number of rotatable bonds is 3. The fourth-order valence-corrected chi connectivity index (χ4v) is 2.65. The number of H-pyrrole nitrogens is 1. The van der Waals surface area contributed by atoms with Crippen LogP contribution in [-0.2, 0) is 0 Å². The Morgan fingerprint density at radius 3 is 2.84 bits per heavy atom. The van der Waals surface area contributed by atoms with E-state index in [9.17, 15) is 14.3 Å². The Morgan fingerprint density at radius 2 is 2.21 bits per heavy atom. The van der Waals surface area contributed by atoms with Crippen LogP contribution >= 0.6 is 11.8 Å². The predicted octanol–water partition coefficient (Wildman–Crippen LogP) is 2.42. The van der Waals surface area contributed by atoms with Gasteiger partial charge in [-0.2, -0.15) is 0 Å². The van der Waals surface area contributed by atoms with Crippen molar-refractivity contribution in [3.8, 4) is 0 Å². The Hall–Kier alpha value is -1.66. The molecule has 6 heteroatoms. The van der Waals surface area contributed by atoms with Crippen LogP contribution in [0.15, 0.2) is 39.2 Å². The first-order chi connectivity index (χ1) is 8.97. The van der Waals surface area contributed by atoms with Crippen molar-refractivity contribution in [2.75, 3.05) is 0 Å². The standard InChI is InChI=1S/C13H13FN2O2S/c1-7-5-11(9(8(2)17)6-10(7)14)19-13-15-4-3-12(18)16-13/h3-6,8,17H,1-2H3,(H,15,16,18)/t8-/m0/s1. The number of benzene rings is 1. The summed E-state index contributed by atoms with van der Waals surface area (Å²) in [5, 5.41) is 10.1. The molecule has 0 unspecified atom stereocenters. The first-order valence-corrected chi connectivity index (χ1v) is 6.50. The lowest BCUT2D eigenvalue weighted by atomic mass is 10.1. The van der Waals surface area contributed by atoms with Gasteiger partial charge in [0.05, 0.1) is 6.10 Å². The molecule has 1 aromatic carbocycles. The van der Waals surface area contributed by atoms with Crippen molar-refractivity contribution in [3.05, 3.63) is 51.7 Å². The van der Waals surface area contributed by atoms with Gasteiger partial charge in [0, 0.05) is 17.2 Å². The molecule has 0 amide bonds. The number of hydrogen-bond acceptors (Lipinski definition) is 4. The predicted molar refractivity (Wildman–Crippen MR) is 70.8 cm³/mol. The maximum Gasteiger partial charge on any atom is 0.251 e. The Kier molecular flexibility index (Phi) is 4.01. The van der Waals surface area contributed by atoms with Gasteiger partial charge in [-0.15, -0.1) is 0 Å². The molecule has 0 aliphatic heterocycles. The van der Waals surface area contributed by atoms with Crippen molar-refractivity contribution >= 4 is 11.8 Å². The van der Waals surface area contributed by atoms with E-state index in [1.165, 1.54) is 30.1 Å². The largest absolute Gasteiger partial charge is 0.389 e. The van der Waals surface area contributed by atoms with E-state index in [0.29, 0.717) is 21.2 Å². The second kappa shape index (κ2) is 5.54. The van der Waals surface area contributed by atoms with Gasteiger partial charge in [-0.3, -0.25) is 4.79 Å². The van der Waals surface area contributed by atoms with E-state index < -0.39 is 6.10 Å². The van der Waals surface area contributed by atoms with Crippen LogP contribution < -0.4 is 5.56 Å². The van der Waals surface area contributed by atoms with E-state index in [1.807, 2.05) is 0 Å². The molecule has 0 saturated carbocycles. The van der Waals surface area contributed by atoms with Gasteiger partial charge in [0.25, 0.3) is 5.56 Å². The van der Waals surface area contributed by atoms with Crippen LogP contribution in [0.4, 0.5) is 4.39 Å². The van der Waals surface area contributed by atoms with Gasteiger partial charge in [0.2, 0.25) is 0 Å². The summed E-state index contributed by atoms with van der Waals surface area (Å²) in [7, 11) is 0. The van der Waals surface area contributed by atoms with Gasteiger partial charge in [-0.1, -0.05) is 11.8 Å². The quantitative estimate of drug-likeness (QED) is 0.847. The van der Waals surface area contributed by atoms with E-state index in [-0.39, 0.29) is 11.4 Å². The van der Waals surface area contributed by atoms with Crippen molar-refractivity contribution in [1.29, 1.82) is 0 Å². The normalized spacial score (nSPS) is 12.4. The van der Waals surface area contributed by atoms with Crippen molar-refractivity contribution in [1.82, 2.24) is 9.97 Å². The molecule has 0 fully saturated rings. The van der Waals surface area contributed by atoms with Gasteiger partial charge in [-0.25, -0.2) is 9.37 Å². The molecule has 1 atom stereocenters. The molecule has 19 heavy (non-hydrogen) atoms. The summed E-state index contributed by atoms with van der Waals surface area (Å²) in [4.78, 5) is 18.5. The average Bonchev–Trinajstić information content (AvgIpc) is 2.33. The fraction of sp³-hybridized carbons (Fsp3) is 0.231. The van der Waals surface area contributed by atoms with Crippen LogP contribution in [-0.4, -0.2) is 15.1 Å². The lowest BCUT2D eigenvalue weighted by Gasteiger charge is -2.12. The number of aromatic nitrogens is 2. The zero-order chi connectivity index (χ0) is 14.0. The minimum atomic E-state index is -0.798. The topological polar surface area (TPSA) is 66.0 Å². The second-order valence-electron chi connectivity index (χ2n) is 4.16. The van der Waals surface area contributed by atoms with Crippen LogP contribution in [0.5, 0.6) is 0 Å². The number of aliphatic hydroxyl groups is 1. The van der Waals surface area contributed by atoms with Gasteiger partial charge in [0.15, 0.2) is 5.16 Å². The highest BCUT2D eigenvalue weighted by atomic mass is 32.2. The lowest BCUT2D eigenvalue weighted by Crippen LogP contribution is -2.05.